The maximum atomic E-state index is 12.0. The molecule has 24 heavy (non-hydrogen) atoms. The molecule has 3 rings (SSSR count). The van der Waals surface area contributed by atoms with Crippen LogP contribution in [-0.2, 0) is 0 Å². The molecule has 4 nitrogen and oxygen atoms in total. The number of carbonyl (C=O) groups is 1. The van der Waals surface area contributed by atoms with Crippen molar-refractivity contribution in [3.63, 3.8) is 0 Å². The van der Waals surface area contributed by atoms with Gasteiger partial charge in [-0.15, -0.1) is 0 Å². The van der Waals surface area contributed by atoms with Crippen molar-refractivity contribution >= 4 is 11.6 Å². The number of nitrogens with one attached hydrogen (secondary N) is 2. The number of rotatable bonds is 7. The van der Waals surface area contributed by atoms with Crippen molar-refractivity contribution in [3.05, 3.63) is 90.4 Å². The summed E-state index contributed by atoms with van der Waals surface area (Å²) >= 11 is 0. The summed E-state index contributed by atoms with van der Waals surface area (Å²) in [6.07, 6.45) is 2.27. The Labute approximate surface area is 141 Å². The maximum Gasteiger partial charge on any atom is 0.286 e. The van der Waals surface area contributed by atoms with Crippen LogP contribution in [0.2, 0.25) is 0 Å². The lowest BCUT2D eigenvalue weighted by Gasteiger charge is -2.20. The van der Waals surface area contributed by atoms with Crippen LogP contribution in [-0.4, -0.2) is 12.5 Å². The second kappa shape index (κ2) is 8.02. The molecule has 0 bridgehead atoms. The molecule has 0 saturated heterocycles. The van der Waals surface area contributed by atoms with Crippen LogP contribution in [0.5, 0.6) is 0 Å². The SMILES string of the molecule is O=C(NCCC(Nc1ccccc1)c1ccccc1)c1ccco1. The van der Waals surface area contributed by atoms with Crippen LogP contribution in [0, 0.1) is 0 Å². The molecule has 0 aliphatic rings. The highest BCUT2D eigenvalue weighted by Crippen LogP contribution is 2.22. The second-order valence-corrected chi connectivity index (χ2v) is 5.50. The fourth-order valence-corrected chi connectivity index (χ4v) is 2.57. The number of hydrogen-bond donors (Lipinski definition) is 2. The van der Waals surface area contributed by atoms with Crippen molar-refractivity contribution in [1.29, 1.82) is 0 Å². The van der Waals surface area contributed by atoms with E-state index < -0.39 is 0 Å². The summed E-state index contributed by atoms with van der Waals surface area (Å²) in [5, 5.41) is 6.43. The maximum absolute atomic E-state index is 12.0. The molecule has 0 radical (unpaired) electrons. The Morgan fingerprint density at radius 3 is 2.29 bits per heavy atom. The molecule has 4 heteroatoms. The van der Waals surface area contributed by atoms with Gasteiger partial charge in [0.1, 0.15) is 0 Å². The fourth-order valence-electron chi connectivity index (χ4n) is 2.57. The van der Waals surface area contributed by atoms with E-state index in [1.54, 1.807) is 12.1 Å². The normalized spacial score (nSPS) is 11.7. The van der Waals surface area contributed by atoms with Gasteiger partial charge in [0.05, 0.1) is 12.3 Å². The molecular formula is C20H20N2O2. The first-order valence-corrected chi connectivity index (χ1v) is 8.01. The molecule has 1 aromatic heterocycles. The molecule has 2 aromatic carbocycles. The van der Waals surface area contributed by atoms with Crippen molar-refractivity contribution in [3.8, 4) is 0 Å². The van der Waals surface area contributed by atoms with Crippen molar-refractivity contribution in [1.82, 2.24) is 5.32 Å². The van der Waals surface area contributed by atoms with E-state index in [0.29, 0.717) is 12.3 Å². The Balaban J connectivity index is 1.63. The molecular weight excluding hydrogens is 300 g/mol. The third-order valence-electron chi connectivity index (χ3n) is 3.78. The van der Waals surface area contributed by atoms with Crippen molar-refractivity contribution < 1.29 is 9.21 Å². The number of hydrogen-bond acceptors (Lipinski definition) is 3. The molecule has 0 aliphatic heterocycles. The third kappa shape index (κ3) is 4.26. The lowest BCUT2D eigenvalue weighted by molar-refractivity contribution is 0.0925. The molecule has 1 unspecified atom stereocenters. The third-order valence-corrected chi connectivity index (χ3v) is 3.78. The first-order chi connectivity index (χ1) is 11.8. The first kappa shape index (κ1) is 15.9. The van der Waals surface area contributed by atoms with Gasteiger partial charge in [-0.3, -0.25) is 4.79 Å². The van der Waals surface area contributed by atoms with E-state index in [-0.39, 0.29) is 11.9 Å². The zero-order valence-corrected chi connectivity index (χ0v) is 13.3. The quantitative estimate of drug-likeness (QED) is 0.684. The summed E-state index contributed by atoms with van der Waals surface area (Å²) in [5.74, 6) is 0.147. The zero-order valence-electron chi connectivity index (χ0n) is 13.3. The van der Waals surface area contributed by atoms with Crippen LogP contribution in [0.15, 0.2) is 83.5 Å². The summed E-state index contributed by atoms with van der Waals surface area (Å²) in [7, 11) is 0. The number of benzene rings is 2. The van der Waals surface area contributed by atoms with Crippen molar-refractivity contribution in [2.45, 2.75) is 12.5 Å². The van der Waals surface area contributed by atoms with Gasteiger partial charge in [0.2, 0.25) is 0 Å². The number of anilines is 1. The predicted molar refractivity (Wildman–Crippen MR) is 94.9 cm³/mol. The van der Waals surface area contributed by atoms with Gasteiger partial charge in [0, 0.05) is 12.2 Å². The molecule has 122 valence electrons. The zero-order chi connectivity index (χ0) is 16.6. The lowest BCUT2D eigenvalue weighted by atomic mass is 10.0. The van der Waals surface area contributed by atoms with Crippen LogP contribution in [0.4, 0.5) is 5.69 Å². The van der Waals surface area contributed by atoms with Crippen molar-refractivity contribution in [2.24, 2.45) is 0 Å². The molecule has 0 aliphatic carbocycles. The predicted octanol–water partition coefficient (Wildman–Crippen LogP) is 4.25. The van der Waals surface area contributed by atoms with Gasteiger partial charge >= 0.3 is 0 Å². The molecule has 0 spiro atoms. The van der Waals surface area contributed by atoms with Gasteiger partial charge in [-0.2, -0.15) is 0 Å². The minimum atomic E-state index is -0.188. The number of carbonyl (C=O) groups excluding carboxylic acids is 1. The van der Waals surface area contributed by atoms with Gasteiger partial charge in [0.15, 0.2) is 5.76 Å². The van der Waals surface area contributed by atoms with E-state index in [1.807, 2.05) is 48.5 Å². The molecule has 2 N–H and O–H groups in total. The molecule has 1 atom stereocenters. The molecule has 1 amide bonds. The molecule has 1 heterocycles. The summed E-state index contributed by atoms with van der Waals surface area (Å²) in [5.41, 5.74) is 2.25. The van der Waals surface area contributed by atoms with Crippen LogP contribution >= 0.6 is 0 Å². The van der Waals surface area contributed by atoms with Crippen molar-refractivity contribution in [2.75, 3.05) is 11.9 Å². The highest BCUT2D eigenvalue weighted by Gasteiger charge is 2.13. The van der Waals surface area contributed by atoms with Gasteiger partial charge in [-0.25, -0.2) is 0 Å². The number of furan rings is 1. The highest BCUT2D eigenvalue weighted by atomic mass is 16.3. The van der Waals surface area contributed by atoms with Gasteiger partial charge in [-0.05, 0) is 36.2 Å². The summed E-state index contributed by atoms with van der Waals surface area (Å²) in [6.45, 7) is 0.554. The molecule has 0 saturated carbocycles. The van der Waals surface area contributed by atoms with Crippen LogP contribution < -0.4 is 10.6 Å². The van der Waals surface area contributed by atoms with Crippen LogP contribution in [0.3, 0.4) is 0 Å². The molecule has 3 aromatic rings. The Hall–Kier alpha value is -3.01. The monoisotopic (exact) mass is 320 g/mol. The van der Waals surface area contributed by atoms with Crippen LogP contribution in [0.25, 0.3) is 0 Å². The minimum Gasteiger partial charge on any atom is -0.459 e. The average molecular weight is 320 g/mol. The first-order valence-electron chi connectivity index (χ1n) is 8.01. The minimum absolute atomic E-state index is 0.116. The summed E-state index contributed by atoms with van der Waals surface area (Å²) in [4.78, 5) is 12.0. The van der Waals surface area contributed by atoms with Gasteiger partial charge < -0.3 is 15.1 Å². The Morgan fingerprint density at radius 2 is 1.62 bits per heavy atom. The Bertz CT molecular complexity index is 740. The lowest BCUT2D eigenvalue weighted by Crippen LogP contribution is -2.26. The van der Waals surface area contributed by atoms with E-state index in [2.05, 4.69) is 22.8 Å². The van der Waals surface area contributed by atoms with E-state index in [4.69, 9.17) is 4.42 Å². The standard InChI is InChI=1S/C20H20N2O2/c23-20(19-12-7-15-24-19)21-14-13-18(16-8-3-1-4-9-16)22-17-10-5-2-6-11-17/h1-12,15,18,22H,13-14H2,(H,21,23). The second-order valence-electron chi connectivity index (χ2n) is 5.50. The fraction of sp³-hybridized carbons (Fsp3) is 0.150. The van der Waals surface area contributed by atoms with E-state index in [1.165, 1.54) is 11.8 Å². The Morgan fingerprint density at radius 1 is 0.917 bits per heavy atom. The van der Waals surface area contributed by atoms with Gasteiger partial charge in [0.25, 0.3) is 5.91 Å². The Kier molecular flexibility index (Phi) is 5.30. The van der Waals surface area contributed by atoms with E-state index in [9.17, 15) is 4.79 Å². The average Bonchev–Trinajstić information content (AvgIpc) is 3.17. The highest BCUT2D eigenvalue weighted by molar-refractivity contribution is 5.91. The largest absolute Gasteiger partial charge is 0.459 e. The number of amides is 1. The summed E-state index contributed by atoms with van der Waals surface area (Å²) in [6, 6.07) is 23.8. The molecule has 0 fully saturated rings. The van der Waals surface area contributed by atoms with E-state index >= 15 is 0 Å². The van der Waals surface area contributed by atoms with Gasteiger partial charge in [-0.1, -0.05) is 48.5 Å². The van der Waals surface area contributed by atoms with E-state index in [0.717, 1.165) is 12.1 Å². The summed E-state index contributed by atoms with van der Waals surface area (Å²) < 4.78 is 5.11. The topological polar surface area (TPSA) is 54.3 Å². The smallest absolute Gasteiger partial charge is 0.286 e. The van der Waals surface area contributed by atoms with Crippen LogP contribution in [0.1, 0.15) is 28.6 Å². The number of para-hydroxylation sites is 1.